The lowest BCUT2D eigenvalue weighted by Crippen LogP contribution is -2.06. The molecule has 0 atom stereocenters. The molecule has 3 N–H and O–H groups in total. The zero-order valence-corrected chi connectivity index (χ0v) is 8.92. The highest BCUT2D eigenvalue weighted by molar-refractivity contribution is 5.66. The monoisotopic (exact) mass is 212 g/mol. The third-order valence-corrected chi connectivity index (χ3v) is 2.14. The molecule has 84 valence electrons. The Bertz CT molecular complexity index is 305. The molecule has 0 fully saturated rings. The largest absolute Gasteiger partial charge is 0.395 e. The number of anilines is 2. The van der Waals surface area contributed by atoms with Crippen LogP contribution < -0.4 is 11.1 Å². The van der Waals surface area contributed by atoms with E-state index >= 15 is 0 Å². The molecule has 0 radical (unpaired) electrons. The predicted octanol–water partition coefficient (Wildman–Crippen LogP) is 2.25. The van der Waals surface area contributed by atoms with Crippen LogP contribution in [-0.2, 0) is 4.74 Å². The third-order valence-electron chi connectivity index (χ3n) is 2.14. The summed E-state index contributed by atoms with van der Waals surface area (Å²) in [4.78, 5) is 0. The Morgan fingerprint density at radius 3 is 2.93 bits per heavy atom. The number of nitrogens with two attached hydrogens (primary N) is 1. The van der Waals surface area contributed by atoms with E-state index in [9.17, 15) is 4.39 Å². The molecule has 0 unspecified atom stereocenters. The van der Waals surface area contributed by atoms with Gasteiger partial charge >= 0.3 is 0 Å². The fourth-order valence-corrected chi connectivity index (χ4v) is 1.29. The van der Waals surface area contributed by atoms with Crippen LogP contribution in [0.25, 0.3) is 0 Å². The van der Waals surface area contributed by atoms with Crippen molar-refractivity contribution in [2.45, 2.75) is 12.8 Å². The van der Waals surface area contributed by atoms with Crippen LogP contribution in [0.3, 0.4) is 0 Å². The van der Waals surface area contributed by atoms with Crippen LogP contribution in [-0.4, -0.2) is 20.3 Å². The van der Waals surface area contributed by atoms with Crippen molar-refractivity contribution in [1.29, 1.82) is 0 Å². The van der Waals surface area contributed by atoms with Crippen LogP contribution >= 0.6 is 0 Å². The molecular weight excluding hydrogens is 195 g/mol. The maximum Gasteiger partial charge on any atom is 0.148 e. The molecule has 0 aliphatic rings. The molecule has 0 saturated carbocycles. The van der Waals surface area contributed by atoms with Gasteiger partial charge in [0.1, 0.15) is 5.82 Å². The summed E-state index contributed by atoms with van der Waals surface area (Å²) in [5.41, 5.74) is 6.41. The SMILES string of the molecule is COCCCCNc1cccc(F)c1N. The number of hydrogen-bond donors (Lipinski definition) is 2. The fraction of sp³-hybridized carbons (Fsp3) is 0.455. The van der Waals surface area contributed by atoms with Gasteiger partial charge in [0.2, 0.25) is 0 Å². The number of benzene rings is 1. The first kappa shape index (κ1) is 11.8. The maximum atomic E-state index is 13.0. The molecule has 0 saturated heterocycles. The van der Waals surface area contributed by atoms with Crippen molar-refractivity contribution in [2.24, 2.45) is 0 Å². The van der Waals surface area contributed by atoms with Gasteiger partial charge in [0, 0.05) is 20.3 Å². The summed E-state index contributed by atoms with van der Waals surface area (Å²) in [5, 5.41) is 3.09. The van der Waals surface area contributed by atoms with E-state index in [0.29, 0.717) is 5.69 Å². The molecule has 0 heterocycles. The lowest BCUT2D eigenvalue weighted by atomic mass is 10.2. The molecule has 0 spiro atoms. The van der Waals surface area contributed by atoms with E-state index in [1.165, 1.54) is 6.07 Å². The Morgan fingerprint density at radius 2 is 2.20 bits per heavy atom. The van der Waals surface area contributed by atoms with Crippen LogP contribution in [0.2, 0.25) is 0 Å². The van der Waals surface area contributed by atoms with Crippen LogP contribution in [0.15, 0.2) is 18.2 Å². The van der Waals surface area contributed by atoms with Crippen molar-refractivity contribution in [1.82, 2.24) is 0 Å². The topological polar surface area (TPSA) is 47.3 Å². The van der Waals surface area contributed by atoms with Crippen molar-refractivity contribution >= 4 is 11.4 Å². The first-order valence-electron chi connectivity index (χ1n) is 5.02. The predicted molar refractivity (Wildman–Crippen MR) is 60.4 cm³/mol. The number of nitrogen functional groups attached to an aromatic ring is 1. The summed E-state index contributed by atoms with van der Waals surface area (Å²) in [5.74, 6) is -0.378. The van der Waals surface area contributed by atoms with E-state index in [0.717, 1.165) is 26.0 Å². The highest BCUT2D eigenvalue weighted by Gasteiger charge is 2.02. The molecule has 0 bridgehead atoms. The zero-order chi connectivity index (χ0) is 11.1. The van der Waals surface area contributed by atoms with Crippen molar-refractivity contribution in [3.63, 3.8) is 0 Å². The van der Waals surface area contributed by atoms with Crippen molar-refractivity contribution in [3.05, 3.63) is 24.0 Å². The highest BCUT2D eigenvalue weighted by atomic mass is 19.1. The van der Waals surface area contributed by atoms with Gasteiger partial charge in [0.15, 0.2) is 0 Å². The summed E-state index contributed by atoms with van der Waals surface area (Å²) >= 11 is 0. The number of unbranched alkanes of at least 4 members (excludes halogenated alkanes) is 1. The molecule has 0 aliphatic carbocycles. The smallest absolute Gasteiger partial charge is 0.148 e. The summed E-state index contributed by atoms with van der Waals surface area (Å²) < 4.78 is 17.9. The minimum Gasteiger partial charge on any atom is -0.395 e. The molecule has 0 amide bonds. The fourth-order valence-electron chi connectivity index (χ4n) is 1.29. The standard InChI is InChI=1S/C11H17FN2O/c1-15-8-3-2-7-14-10-6-4-5-9(12)11(10)13/h4-6,14H,2-3,7-8,13H2,1H3. The molecule has 1 aromatic carbocycles. The summed E-state index contributed by atoms with van der Waals surface area (Å²) in [7, 11) is 1.68. The van der Waals surface area contributed by atoms with E-state index < -0.39 is 0 Å². The summed E-state index contributed by atoms with van der Waals surface area (Å²) in [6.45, 7) is 1.53. The lowest BCUT2D eigenvalue weighted by molar-refractivity contribution is 0.194. The van der Waals surface area contributed by atoms with E-state index in [-0.39, 0.29) is 11.5 Å². The number of nitrogens with one attached hydrogen (secondary N) is 1. The highest BCUT2D eigenvalue weighted by Crippen LogP contribution is 2.20. The molecule has 0 aromatic heterocycles. The number of rotatable bonds is 6. The molecule has 0 aliphatic heterocycles. The Kier molecular flexibility index (Phi) is 4.90. The number of halogens is 1. The van der Waals surface area contributed by atoms with Crippen molar-refractivity contribution < 1.29 is 9.13 Å². The number of methoxy groups -OCH3 is 1. The van der Waals surface area contributed by atoms with Gasteiger partial charge in [0.25, 0.3) is 0 Å². The lowest BCUT2D eigenvalue weighted by Gasteiger charge is -2.09. The van der Waals surface area contributed by atoms with Crippen LogP contribution in [0, 0.1) is 5.82 Å². The second kappa shape index (κ2) is 6.24. The average molecular weight is 212 g/mol. The Labute approximate surface area is 89.4 Å². The van der Waals surface area contributed by atoms with E-state index in [4.69, 9.17) is 10.5 Å². The van der Waals surface area contributed by atoms with Gasteiger partial charge in [-0.05, 0) is 25.0 Å². The van der Waals surface area contributed by atoms with E-state index in [1.807, 2.05) is 0 Å². The minimum atomic E-state index is -0.378. The number of hydrogen-bond acceptors (Lipinski definition) is 3. The van der Waals surface area contributed by atoms with Gasteiger partial charge in [-0.15, -0.1) is 0 Å². The summed E-state index contributed by atoms with van der Waals surface area (Å²) in [6, 6.07) is 4.77. The molecular formula is C11H17FN2O. The number of para-hydroxylation sites is 1. The van der Waals surface area contributed by atoms with Crippen LogP contribution in [0.5, 0.6) is 0 Å². The minimum absolute atomic E-state index is 0.184. The molecule has 15 heavy (non-hydrogen) atoms. The van der Waals surface area contributed by atoms with Crippen molar-refractivity contribution in [3.8, 4) is 0 Å². The Balaban J connectivity index is 2.34. The van der Waals surface area contributed by atoms with Crippen LogP contribution in [0.1, 0.15) is 12.8 Å². The second-order valence-corrected chi connectivity index (χ2v) is 3.33. The average Bonchev–Trinajstić information content (AvgIpc) is 2.24. The summed E-state index contributed by atoms with van der Waals surface area (Å²) in [6.07, 6.45) is 1.96. The second-order valence-electron chi connectivity index (χ2n) is 3.33. The Hall–Kier alpha value is -1.29. The molecule has 1 aromatic rings. The van der Waals surface area contributed by atoms with E-state index in [1.54, 1.807) is 19.2 Å². The molecule has 3 nitrogen and oxygen atoms in total. The first-order valence-corrected chi connectivity index (χ1v) is 5.02. The van der Waals surface area contributed by atoms with Gasteiger partial charge in [-0.25, -0.2) is 4.39 Å². The van der Waals surface area contributed by atoms with Crippen molar-refractivity contribution in [2.75, 3.05) is 31.3 Å². The normalized spacial score (nSPS) is 10.3. The van der Waals surface area contributed by atoms with Gasteiger partial charge < -0.3 is 15.8 Å². The molecule has 1 rings (SSSR count). The Morgan fingerprint density at radius 1 is 1.40 bits per heavy atom. The van der Waals surface area contributed by atoms with Gasteiger partial charge in [0.05, 0.1) is 11.4 Å². The third kappa shape index (κ3) is 3.75. The maximum absolute atomic E-state index is 13.0. The van der Waals surface area contributed by atoms with Crippen LogP contribution in [0.4, 0.5) is 15.8 Å². The quantitative estimate of drug-likeness (QED) is 0.561. The number of ether oxygens (including phenoxy) is 1. The first-order chi connectivity index (χ1) is 7.25. The van der Waals surface area contributed by atoms with Gasteiger partial charge in [-0.3, -0.25) is 0 Å². The van der Waals surface area contributed by atoms with Gasteiger partial charge in [-0.2, -0.15) is 0 Å². The zero-order valence-electron chi connectivity index (χ0n) is 8.92. The van der Waals surface area contributed by atoms with Gasteiger partial charge in [-0.1, -0.05) is 6.07 Å². The molecule has 4 heteroatoms. The van der Waals surface area contributed by atoms with E-state index in [2.05, 4.69) is 5.32 Å².